The van der Waals surface area contributed by atoms with E-state index in [-0.39, 0.29) is 17.5 Å². The van der Waals surface area contributed by atoms with E-state index in [0.717, 1.165) is 0 Å². The molecule has 0 aliphatic carbocycles. The topological polar surface area (TPSA) is 101 Å². The molecule has 0 unspecified atom stereocenters. The number of benzene rings is 1. The molecule has 0 saturated heterocycles. The number of aromatic hydroxyl groups is 2. The van der Waals surface area contributed by atoms with E-state index in [4.69, 9.17) is 0 Å². The van der Waals surface area contributed by atoms with Gasteiger partial charge in [-0.05, 0) is 18.1 Å². The van der Waals surface area contributed by atoms with Crippen molar-refractivity contribution in [3.63, 3.8) is 0 Å². The van der Waals surface area contributed by atoms with Gasteiger partial charge in [0, 0.05) is 25.7 Å². The smallest absolute Gasteiger partial charge is 0.321 e. The number of nitrogens with one attached hydrogen (secondary N) is 2. The van der Waals surface area contributed by atoms with Crippen LogP contribution in [0.4, 0.5) is 10.5 Å². The molecule has 7 heteroatoms. The van der Waals surface area contributed by atoms with Crippen LogP contribution in [0.2, 0.25) is 0 Å². The van der Waals surface area contributed by atoms with Gasteiger partial charge in [0.25, 0.3) is 0 Å². The van der Waals surface area contributed by atoms with E-state index < -0.39 is 0 Å². The summed E-state index contributed by atoms with van der Waals surface area (Å²) in [6.07, 6.45) is 2.08. The van der Waals surface area contributed by atoms with Gasteiger partial charge in [0.1, 0.15) is 11.5 Å². The summed E-state index contributed by atoms with van der Waals surface area (Å²) in [5.74, 6) is -0.0496. The van der Waals surface area contributed by atoms with Gasteiger partial charge in [-0.1, -0.05) is 6.92 Å². The number of aromatic nitrogens is 2. The quantitative estimate of drug-likeness (QED) is 0.695. The van der Waals surface area contributed by atoms with E-state index in [1.807, 2.05) is 6.92 Å². The molecule has 2 amide bonds. The van der Waals surface area contributed by atoms with E-state index in [2.05, 4.69) is 15.5 Å². The molecule has 1 heterocycles. The Hall–Kier alpha value is -2.70. The van der Waals surface area contributed by atoms with Crippen LogP contribution in [0.1, 0.15) is 12.5 Å². The van der Waals surface area contributed by atoms with Gasteiger partial charge in [-0.3, -0.25) is 5.10 Å². The number of rotatable bonds is 3. The minimum Gasteiger partial charge on any atom is -0.508 e. The van der Waals surface area contributed by atoms with E-state index in [1.54, 1.807) is 20.2 Å². The largest absolute Gasteiger partial charge is 0.508 e. The van der Waals surface area contributed by atoms with Crippen molar-refractivity contribution in [1.29, 1.82) is 0 Å². The lowest BCUT2D eigenvalue weighted by Crippen LogP contribution is -2.27. The fourth-order valence-corrected chi connectivity index (χ4v) is 1.92. The first-order valence-corrected chi connectivity index (χ1v) is 6.51. The van der Waals surface area contributed by atoms with Crippen molar-refractivity contribution >= 4 is 11.7 Å². The zero-order valence-electron chi connectivity index (χ0n) is 12.1. The van der Waals surface area contributed by atoms with Crippen molar-refractivity contribution in [3.8, 4) is 22.8 Å². The van der Waals surface area contributed by atoms with Crippen molar-refractivity contribution in [1.82, 2.24) is 15.1 Å². The van der Waals surface area contributed by atoms with E-state index in [9.17, 15) is 15.0 Å². The first kappa shape index (κ1) is 14.7. The van der Waals surface area contributed by atoms with Gasteiger partial charge in [0.2, 0.25) is 0 Å². The maximum atomic E-state index is 11.7. The Balaban J connectivity index is 2.44. The van der Waals surface area contributed by atoms with Gasteiger partial charge in [-0.25, -0.2) is 4.79 Å². The van der Waals surface area contributed by atoms with Crippen LogP contribution in [0, 0.1) is 0 Å². The molecular formula is C14H18N4O3. The SMILES string of the molecule is CCc1cc(-c2[nH]ncc2NC(=O)N(C)C)c(O)cc1O. The Morgan fingerprint density at radius 1 is 1.33 bits per heavy atom. The van der Waals surface area contributed by atoms with Gasteiger partial charge >= 0.3 is 6.03 Å². The lowest BCUT2D eigenvalue weighted by atomic mass is 10.0. The monoisotopic (exact) mass is 290 g/mol. The number of aromatic amines is 1. The number of anilines is 1. The number of H-pyrrole nitrogens is 1. The van der Waals surface area contributed by atoms with Crippen LogP contribution in [0.3, 0.4) is 0 Å². The van der Waals surface area contributed by atoms with E-state index >= 15 is 0 Å². The first-order chi connectivity index (χ1) is 9.93. The molecular weight excluding hydrogens is 272 g/mol. The van der Waals surface area contributed by atoms with Gasteiger partial charge in [0.15, 0.2) is 0 Å². The lowest BCUT2D eigenvalue weighted by molar-refractivity contribution is 0.230. The fourth-order valence-electron chi connectivity index (χ4n) is 1.92. The molecule has 4 N–H and O–H groups in total. The van der Waals surface area contributed by atoms with Crippen LogP contribution >= 0.6 is 0 Å². The van der Waals surface area contributed by atoms with Crippen LogP contribution in [-0.4, -0.2) is 45.4 Å². The third kappa shape index (κ3) is 2.91. The minimum absolute atomic E-state index is 0.0390. The van der Waals surface area contributed by atoms with Crippen molar-refractivity contribution in [2.45, 2.75) is 13.3 Å². The van der Waals surface area contributed by atoms with Crippen molar-refractivity contribution in [2.75, 3.05) is 19.4 Å². The molecule has 2 rings (SSSR count). The van der Waals surface area contributed by atoms with Gasteiger partial charge in [-0.2, -0.15) is 5.10 Å². The second-order valence-electron chi connectivity index (χ2n) is 4.83. The number of carbonyl (C=O) groups excluding carboxylic acids is 1. The Bertz CT molecular complexity index is 664. The molecule has 112 valence electrons. The van der Waals surface area contributed by atoms with Crippen molar-refractivity contribution in [3.05, 3.63) is 23.9 Å². The highest BCUT2D eigenvalue weighted by molar-refractivity contribution is 5.93. The maximum absolute atomic E-state index is 11.7. The summed E-state index contributed by atoms with van der Waals surface area (Å²) in [7, 11) is 3.25. The molecule has 21 heavy (non-hydrogen) atoms. The Morgan fingerprint density at radius 2 is 2.05 bits per heavy atom. The fraction of sp³-hybridized carbons (Fsp3) is 0.286. The standard InChI is InChI=1S/C14H18N4O3/c1-4-8-5-9(12(20)6-11(8)19)13-10(7-15-17-13)16-14(21)18(2)3/h5-7,19-20H,4H2,1-3H3,(H,15,17)(H,16,21). The number of amides is 2. The predicted molar refractivity (Wildman–Crippen MR) is 79.4 cm³/mol. The molecule has 0 radical (unpaired) electrons. The molecule has 2 aromatic rings. The Labute approximate surface area is 122 Å². The van der Waals surface area contributed by atoms with Crippen LogP contribution in [0.5, 0.6) is 11.5 Å². The molecule has 0 fully saturated rings. The van der Waals surface area contributed by atoms with Crippen LogP contribution in [0.25, 0.3) is 11.3 Å². The van der Waals surface area contributed by atoms with E-state index in [0.29, 0.717) is 28.9 Å². The summed E-state index contributed by atoms with van der Waals surface area (Å²) in [5, 5.41) is 29.1. The summed E-state index contributed by atoms with van der Waals surface area (Å²) in [6, 6.07) is 2.66. The van der Waals surface area contributed by atoms with Crippen LogP contribution < -0.4 is 5.32 Å². The number of phenolic OH excluding ortho intramolecular Hbond substituents is 2. The van der Waals surface area contributed by atoms with Gasteiger partial charge < -0.3 is 20.4 Å². The lowest BCUT2D eigenvalue weighted by Gasteiger charge is -2.13. The van der Waals surface area contributed by atoms with Crippen LogP contribution in [-0.2, 0) is 6.42 Å². The first-order valence-electron chi connectivity index (χ1n) is 6.51. The summed E-state index contributed by atoms with van der Waals surface area (Å²) in [5.41, 5.74) is 2.10. The Morgan fingerprint density at radius 3 is 2.67 bits per heavy atom. The van der Waals surface area contributed by atoms with E-state index in [1.165, 1.54) is 17.2 Å². The van der Waals surface area contributed by atoms with Crippen LogP contribution in [0.15, 0.2) is 18.3 Å². The number of hydrogen-bond donors (Lipinski definition) is 4. The molecule has 1 aromatic heterocycles. The van der Waals surface area contributed by atoms with Gasteiger partial charge in [0.05, 0.1) is 17.6 Å². The maximum Gasteiger partial charge on any atom is 0.321 e. The average molecular weight is 290 g/mol. The van der Waals surface area contributed by atoms with Gasteiger partial charge in [-0.15, -0.1) is 0 Å². The van der Waals surface area contributed by atoms with Crippen molar-refractivity contribution in [2.24, 2.45) is 0 Å². The number of nitrogens with zero attached hydrogens (tertiary/aromatic N) is 2. The highest BCUT2D eigenvalue weighted by Gasteiger charge is 2.16. The highest BCUT2D eigenvalue weighted by Crippen LogP contribution is 2.37. The molecule has 0 bridgehead atoms. The molecule has 0 spiro atoms. The normalized spacial score (nSPS) is 10.4. The molecule has 0 saturated carbocycles. The van der Waals surface area contributed by atoms with Crippen molar-refractivity contribution < 1.29 is 15.0 Å². The third-order valence-electron chi connectivity index (χ3n) is 3.13. The zero-order chi connectivity index (χ0) is 15.6. The summed E-state index contributed by atoms with van der Waals surface area (Å²) in [6.45, 7) is 1.90. The summed E-state index contributed by atoms with van der Waals surface area (Å²) >= 11 is 0. The Kier molecular flexibility index (Phi) is 4.02. The highest BCUT2D eigenvalue weighted by atomic mass is 16.3. The average Bonchev–Trinajstić information content (AvgIpc) is 2.87. The predicted octanol–water partition coefficient (Wildman–Crippen LogP) is 2.14. The minimum atomic E-state index is -0.299. The second-order valence-corrected chi connectivity index (χ2v) is 4.83. The molecule has 0 aliphatic rings. The number of hydrogen-bond acceptors (Lipinski definition) is 4. The number of carbonyl (C=O) groups is 1. The molecule has 0 aliphatic heterocycles. The number of urea groups is 1. The zero-order valence-corrected chi connectivity index (χ0v) is 12.1. The molecule has 1 aromatic carbocycles. The molecule has 7 nitrogen and oxygen atoms in total. The molecule has 0 atom stereocenters. The third-order valence-corrected chi connectivity index (χ3v) is 3.13. The second kappa shape index (κ2) is 5.74. The number of aryl methyl sites for hydroxylation is 1. The summed E-state index contributed by atoms with van der Waals surface area (Å²) in [4.78, 5) is 13.1. The number of phenols is 2. The summed E-state index contributed by atoms with van der Waals surface area (Å²) < 4.78 is 0.